The SMILES string of the molecule is COc1ccc(CN(C)C[C@H]2Oc3c(NC(=O)c4ccncc4)cccc3C(=O)N([C@@H](C)CO)C[C@@H]2I)cc1. The van der Waals surface area contributed by atoms with Crippen molar-refractivity contribution in [2.75, 3.05) is 39.2 Å². The van der Waals surface area contributed by atoms with Crippen LogP contribution in [0.5, 0.6) is 11.5 Å². The lowest BCUT2D eigenvalue weighted by molar-refractivity contribution is 0.0529. The molecule has 206 valence electrons. The molecule has 9 nitrogen and oxygen atoms in total. The number of nitrogens with one attached hydrogen (secondary N) is 1. The number of fused-ring (bicyclic) bond motifs is 1. The van der Waals surface area contributed by atoms with Gasteiger partial charge in [-0.15, -0.1) is 0 Å². The lowest BCUT2D eigenvalue weighted by Gasteiger charge is -2.38. The Morgan fingerprint density at radius 1 is 1.23 bits per heavy atom. The highest BCUT2D eigenvalue weighted by Gasteiger charge is 2.35. The van der Waals surface area contributed by atoms with Gasteiger partial charge in [-0.05, 0) is 55.9 Å². The van der Waals surface area contributed by atoms with Crippen molar-refractivity contribution in [3.8, 4) is 11.5 Å². The van der Waals surface area contributed by atoms with E-state index in [0.717, 1.165) is 11.3 Å². The molecule has 0 bridgehead atoms. The first kappa shape index (κ1) is 28.8. The van der Waals surface area contributed by atoms with Gasteiger partial charge in [0.25, 0.3) is 11.8 Å². The van der Waals surface area contributed by atoms with Gasteiger partial charge in [-0.25, -0.2) is 0 Å². The zero-order chi connectivity index (χ0) is 27.9. The number of halogens is 1. The zero-order valence-electron chi connectivity index (χ0n) is 22.2. The number of methoxy groups -OCH3 is 1. The number of alkyl halides is 1. The lowest BCUT2D eigenvalue weighted by atomic mass is 10.1. The Morgan fingerprint density at radius 3 is 2.62 bits per heavy atom. The molecule has 0 radical (unpaired) electrons. The Morgan fingerprint density at radius 2 is 1.95 bits per heavy atom. The van der Waals surface area contributed by atoms with Gasteiger partial charge in [0.2, 0.25) is 0 Å². The van der Waals surface area contributed by atoms with E-state index in [2.05, 4.69) is 37.8 Å². The number of aliphatic hydroxyl groups is 1. The minimum Gasteiger partial charge on any atom is -0.497 e. The minimum absolute atomic E-state index is 0.0871. The topological polar surface area (TPSA) is 104 Å². The largest absolute Gasteiger partial charge is 0.497 e. The zero-order valence-corrected chi connectivity index (χ0v) is 24.4. The third-order valence-electron chi connectivity index (χ3n) is 6.64. The number of anilines is 1. The van der Waals surface area contributed by atoms with Crippen molar-refractivity contribution in [2.45, 2.75) is 29.5 Å². The average Bonchev–Trinajstić information content (AvgIpc) is 2.95. The van der Waals surface area contributed by atoms with Gasteiger partial charge in [0, 0.05) is 37.6 Å². The van der Waals surface area contributed by atoms with Gasteiger partial charge in [-0.1, -0.05) is 40.8 Å². The van der Waals surface area contributed by atoms with Gasteiger partial charge >= 0.3 is 0 Å². The van der Waals surface area contributed by atoms with E-state index >= 15 is 0 Å². The molecule has 2 aromatic carbocycles. The number of ether oxygens (including phenoxy) is 2. The maximum absolute atomic E-state index is 13.7. The Balaban J connectivity index is 1.64. The highest BCUT2D eigenvalue weighted by molar-refractivity contribution is 14.1. The third-order valence-corrected chi connectivity index (χ3v) is 7.84. The van der Waals surface area contributed by atoms with Crippen LogP contribution in [0.15, 0.2) is 67.0 Å². The van der Waals surface area contributed by atoms with E-state index < -0.39 is 0 Å². The summed E-state index contributed by atoms with van der Waals surface area (Å²) in [5.41, 5.74) is 2.32. The Bertz CT molecular complexity index is 1270. The van der Waals surface area contributed by atoms with Crippen LogP contribution in [0.1, 0.15) is 33.2 Å². The van der Waals surface area contributed by atoms with Crippen LogP contribution in [0.25, 0.3) is 0 Å². The third kappa shape index (κ3) is 7.06. The molecular weight excluding hydrogens is 611 g/mol. The number of benzene rings is 2. The number of amides is 2. The molecule has 39 heavy (non-hydrogen) atoms. The van der Waals surface area contributed by atoms with Gasteiger partial charge in [-0.2, -0.15) is 0 Å². The molecule has 0 saturated heterocycles. The maximum Gasteiger partial charge on any atom is 0.258 e. The van der Waals surface area contributed by atoms with Crippen molar-refractivity contribution in [3.05, 3.63) is 83.7 Å². The molecule has 0 spiro atoms. The molecule has 3 aromatic rings. The van der Waals surface area contributed by atoms with Crippen molar-refractivity contribution in [1.29, 1.82) is 0 Å². The van der Waals surface area contributed by atoms with Gasteiger partial charge in [0.05, 0.1) is 34.9 Å². The number of carbonyl (C=O) groups excluding carboxylic acids is 2. The second-order valence-corrected chi connectivity index (χ2v) is 11.2. The summed E-state index contributed by atoms with van der Waals surface area (Å²) in [6.45, 7) is 3.34. The van der Waals surface area contributed by atoms with Crippen LogP contribution in [0, 0.1) is 0 Å². The molecule has 1 aliphatic heterocycles. The summed E-state index contributed by atoms with van der Waals surface area (Å²) >= 11 is 2.32. The Labute approximate surface area is 242 Å². The molecule has 0 aliphatic carbocycles. The molecule has 2 heterocycles. The number of hydrogen-bond acceptors (Lipinski definition) is 7. The van der Waals surface area contributed by atoms with Crippen LogP contribution in [0.4, 0.5) is 5.69 Å². The molecule has 1 aromatic heterocycles. The molecule has 4 rings (SSSR count). The lowest BCUT2D eigenvalue weighted by Crippen LogP contribution is -2.51. The summed E-state index contributed by atoms with van der Waals surface area (Å²) in [7, 11) is 3.66. The summed E-state index contributed by atoms with van der Waals surface area (Å²) < 4.78 is 11.8. The van der Waals surface area contributed by atoms with E-state index in [4.69, 9.17) is 9.47 Å². The number of nitrogens with zero attached hydrogens (tertiary/aromatic N) is 3. The van der Waals surface area contributed by atoms with E-state index in [0.29, 0.717) is 42.2 Å². The number of pyridine rings is 1. The van der Waals surface area contributed by atoms with E-state index in [9.17, 15) is 14.7 Å². The predicted molar refractivity (Wildman–Crippen MR) is 158 cm³/mol. The number of aromatic nitrogens is 1. The fourth-order valence-corrected chi connectivity index (χ4v) is 5.24. The average molecular weight is 645 g/mol. The van der Waals surface area contributed by atoms with Crippen LogP contribution in [0.2, 0.25) is 0 Å². The quantitative estimate of drug-likeness (QED) is 0.270. The summed E-state index contributed by atoms with van der Waals surface area (Å²) in [6, 6.07) is 15.9. The smallest absolute Gasteiger partial charge is 0.258 e. The molecule has 0 saturated carbocycles. The molecular formula is C29H33IN4O5. The molecule has 1 aliphatic rings. The van der Waals surface area contributed by atoms with Gasteiger partial charge in [-0.3, -0.25) is 19.5 Å². The highest BCUT2D eigenvalue weighted by atomic mass is 127. The molecule has 0 unspecified atom stereocenters. The normalized spacial score (nSPS) is 18.0. The van der Waals surface area contributed by atoms with Crippen LogP contribution in [-0.2, 0) is 6.54 Å². The second kappa shape index (κ2) is 13.2. The Hall–Kier alpha value is -3.22. The molecule has 2 N–H and O–H groups in total. The fraction of sp³-hybridized carbons (Fsp3) is 0.345. The molecule has 3 atom stereocenters. The van der Waals surface area contributed by atoms with Gasteiger partial charge in [0.15, 0.2) is 5.75 Å². The van der Waals surface area contributed by atoms with Gasteiger partial charge in [0.1, 0.15) is 11.9 Å². The number of rotatable bonds is 9. The Kier molecular flexibility index (Phi) is 9.76. The number of likely N-dealkylation sites (N-methyl/N-ethyl adjacent to an activating group) is 1. The molecule has 2 amide bonds. The van der Waals surface area contributed by atoms with Crippen LogP contribution >= 0.6 is 22.6 Å². The summed E-state index contributed by atoms with van der Waals surface area (Å²) in [5.74, 6) is 0.545. The van der Waals surface area contributed by atoms with Crippen LogP contribution in [0.3, 0.4) is 0 Å². The number of aliphatic hydroxyl groups excluding tert-OH is 1. The fourth-order valence-electron chi connectivity index (χ4n) is 4.44. The molecule has 0 fully saturated rings. The summed E-state index contributed by atoms with van der Waals surface area (Å²) in [5, 5.41) is 12.8. The molecule has 10 heteroatoms. The summed E-state index contributed by atoms with van der Waals surface area (Å²) in [4.78, 5) is 34.5. The summed E-state index contributed by atoms with van der Waals surface area (Å²) in [6.07, 6.45) is 2.79. The first-order chi connectivity index (χ1) is 18.8. The van der Waals surface area contributed by atoms with E-state index in [1.807, 2.05) is 38.2 Å². The van der Waals surface area contributed by atoms with Crippen LogP contribution in [-0.4, -0.2) is 81.6 Å². The number of hydrogen-bond donors (Lipinski definition) is 2. The minimum atomic E-state index is -0.381. The van der Waals surface area contributed by atoms with E-state index in [1.165, 1.54) is 0 Å². The van der Waals surface area contributed by atoms with Crippen molar-refractivity contribution < 1.29 is 24.2 Å². The van der Waals surface area contributed by atoms with Gasteiger partial charge < -0.3 is 24.8 Å². The van der Waals surface area contributed by atoms with E-state index in [1.54, 1.807) is 54.7 Å². The van der Waals surface area contributed by atoms with E-state index in [-0.39, 0.29) is 34.5 Å². The van der Waals surface area contributed by atoms with Crippen LogP contribution < -0.4 is 14.8 Å². The second-order valence-electron chi connectivity index (χ2n) is 9.58. The number of carbonyl (C=O) groups is 2. The van der Waals surface area contributed by atoms with Crippen molar-refractivity contribution >= 4 is 40.1 Å². The standard InChI is InChI=1S/C29H33IN4O5/c1-19(18-35)34-16-24(30)26(17-33(2)15-20-7-9-22(38-3)10-8-20)39-27-23(29(34)37)5-4-6-25(27)32-28(36)21-11-13-31-14-12-21/h4-14,19,24,26,35H,15-18H2,1-3H3,(H,32,36)/t19-,24-,26+/m0/s1. The van der Waals surface area contributed by atoms with Crippen molar-refractivity contribution in [2.24, 2.45) is 0 Å². The maximum atomic E-state index is 13.7. The first-order valence-electron chi connectivity index (χ1n) is 12.7. The monoisotopic (exact) mass is 644 g/mol. The van der Waals surface area contributed by atoms with Crippen molar-refractivity contribution in [3.63, 3.8) is 0 Å². The predicted octanol–water partition coefficient (Wildman–Crippen LogP) is 3.86. The highest BCUT2D eigenvalue weighted by Crippen LogP contribution is 2.35. The number of para-hydroxylation sites is 1. The van der Waals surface area contributed by atoms with Crippen molar-refractivity contribution in [1.82, 2.24) is 14.8 Å². The first-order valence-corrected chi connectivity index (χ1v) is 13.9.